The van der Waals surface area contributed by atoms with E-state index in [-0.39, 0.29) is 6.61 Å². The summed E-state index contributed by atoms with van der Waals surface area (Å²) in [6, 6.07) is 0. The monoisotopic (exact) mass is 161 g/mol. The first-order valence-electron chi connectivity index (χ1n) is 3.00. The van der Waals surface area contributed by atoms with Gasteiger partial charge in [-0.3, -0.25) is 0 Å². The number of carbonyl (C=O) groups excluding carboxylic acids is 1. The lowest BCUT2D eigenvalue weighted by Crippen LogP contribution is -2.07. The number of hydrogen-bond donors (Lipinski definition) is 0. The van der Waals surface area contributed by atoms with Crippen molar-refractivity contribution in [1.82, 2.24) is 0 Å². The maximum atomic E-state index is 10.4. The summed E-state index contributed by atoms with van der Waals surface area (Å²) in [6.07, 6.45) is 1.41. The maximum absolute atomic E-state index is 10.4. The largest absolute Gasteiger partial charge is 0.466 e. The van der Waals surface area contributed by atoms with Gasteiger partial charge in [-0.1, -0.05) is 5.16 Å². The Kier molecular flexibility index (Phi) is 6.31. The van der Waals surface area contributed by atoms with Crippen LogP contribution in [0.15, 0.2) is 5.16 Å². The molecule has 0 bridgehead atoms. The first-order valence-corrected chi connectivity index (χ1v) is 3.00. The molecule has 0 aromatic carbocycles. The predicted molar refractivity (Wildman–Crippen MR) is 38.3 cm³/mol. The van der Waals surface area contributed by atoms with Gasteiger partial charge in [0, 0.05) is 7.11 Å². The highest BCUT2D eigenvalue weighted by Crippen LogP contribution is 1.78. The molecule has 0 amide bonds. The van der Waals surface area contributed by atoms with Gasteiger partial charge in [0.05, 0.1) is 19.9 Å². The van der Waals surface area contributed by atoms with Crippen LogP contribution >= 0.6 is 0 Å². The van der Waals surface area contributed by atoms with Crippen LogP contribution in [0.25, 0.3) is 0 Å². The van der Waals surface area contributed by atoms with Crippen LogP contribution in [0.3, 0.4) is 0 Å². The Labute approximate surface area is 64.9 Å². The Bertz CT molecular complexity index is 135. The number of ether oxygens (including phenoxy) is 2. The van der Waals surface area contributed by atoms with Gasteiger partial charge in [0.2, 0.25) is 6.61 Å². The molecular formula is C6H11NO4. The van der Waals surface area contributed by atoms with Gasteiger partial charge in [-0.25, -0.2) is 4.79 Å². The molecule has 11 heavy (non-hydrogen) atoms. The predicted octanol–water partition coefficient (Wildman–Crippen LogP) is -0.192. The topological polar surface area (TPSA) is 57.1 Å². The molecule has 0 rings (SSSR count). The molecule has 0 aromatic heterocycles. The summed E-state index contributed by atoms with van der Waals surface area (Å²) in [6.45, 7) is 0.192. The summed E-state index contributed by atoms with van der Waals surface area (Å²) in [5.41, 5.74) is 0. The van der Waals surface area contributed by atoms with E-state index in [1.807, 2.05) is 0 Å². The molecule has 0 aromatic rings. The lowest BCUT2D eigenvalue weighted by molar-refractivity contribution is -0.145. The highest BCUT2D eigenvalue weighted by atomic mass is 16.6. The summed E-state index contributed by atoms with van der Waals surface area (Å²) < 4.78 is 8.92. The average molecular weight is 161 g/mol. The standard InChI is InChI=1S/C6H11NO4/c1-9-4-3-7-11-5-6(8)10-2/h3H,4-5H2,1-2H3. The summed E-state index contributed by atoms with van der Waals surface area (Å²) in [4.78, 5) is 14.9. The summed E-state index contributed by atoms with van der Waals surface area (Å²) in [7, 11) is 2.82. The van der Waals surface area contributed by atoms with Crippen molar-refractivity contribution in [2.75, 3.05) is 27.4 Å². The number of nitrogens with zero attached hydrogens (tertiary/aromatic N) is 1. The third-order valence-corrected chi connectivity index (χ3v) is 0.800. The van der Waals surface area contributed by atoms with Crippen molar-refractivity contribution in [3.63, 3.8) is 0 Å². The van der Waals surface area contributed by atoms with Crippen molar-refractivity contribution in [3.8, 4) is 0 Å². The molecule has 0 atom stereocenters. The molecule has 5 nitrogen and oxygen atoms in total. The highest BCUT2D eigenvalue weighted by Gasteiger charge is 1.96. The van der Waals surface area contributed by atoms with Crippen LogP contribution in [0.5, 0.6) is 0 Å². The van der Waals surface area contributed by atoms with E-state index in [0.717, 1.165) is 0 Å². The van der Waals surface area contributed by atoms with E-state index in [9.17, 15) is 4.79 Å². The van der Waals surface area contributed by atoms with Crippen LogP contribution in [0.1, 0.15) is 0 Å². The van der Waals surface area contributed by atoms with Crippen LogP contribution in [0.2, 0.25) is 0 Å². The Morgan fingerprint density at radius 1 is 1.55 bits per heavy atom. The molecule has 0 aliphatic heterocycles. The number of esters is 1. The van der Waals surface area contributed by atoms with Crippen molar-refractivity contribution in [2.24, 2.45) is 5.16 Å². The Hall–Kier alpha value is -1.10. The molecule has 0 aliphatic rings. The zero-order valence-corrected chi connectivity index (χ0v) is 6.57. The fourth-order valence-electron chi connectivity index (χ4n) is 0.307. The summed E-state index contributed by atoms with van der Waals surface area (Å²) in [5, 5.41) is 3.40. The molecule has 0 N–H and O–H groups in total. The first kappa shape index (κ1) is 9.90. The van der Waals surface area contributed by atoms with Gasteiger partial charge in [-0.2, -0.15) is 0 Å². The average Bonchev–Trinajstić information content (AvgIpc) is 2.04. The lowest BCUT2D eigenvalue weighted by atomic mass is 10.7. The number of hydrogen-bond acceptors (Lipinski definition) is 5. The molecule has 0 unspecified atom stereocenters. The lowest BCUT2D eigenvalue weighted by Gasteiger charge is -1.95. The van der Waals surface area contributed by atoms with E-state index in [1.54, 1.807) is 0 Å². The van der Waals surface area contributed by atoms with E-state index in [2.05, 4.69) is 19.5 Å². The van der Waals surface area contributed by atoms with Gasteiger partial charge in [-0.05, 0) is 0 Å². The van der Waals surface area contributed by atoms with Crippen LogP contribution in [0, 0.1) is 0 Å². The quantitative estimate of drug-likeness (QED) is 0.318. The van der Waals surface area contributed by atoms with Crippen LogP contribution in [0.4, 0.5) is 0 Å². The van der Waals surface area contributed by atoms with Crippen molar-refractivity contribution in [1.29, 1.82) is 0 Å². The first-order chi connectivity index (χ1) is 5.31. The minimum Gasteiger partial charge on any atom is -0.466 e. The number of methoxy groups -OCH3 is 2. The molecule has 0 fully saturated rings. The van der Waals surface area contributed by atoms with Crippen molar-refractivity contribution in [2.45, 2.75) is 0 Å². The molecule has 0 radical (unpaired) electrons. The van der Waals surface area contributed by atoms with Crippen LogP contribution in [-0.4, -0.2) is 39.6 Å². The van der Waals surface area contributed by atoms with E-state index in [1.165, 1.54) is 20.4 Å². The van der Waals surface area contributed by atoms with Crippen LogP contribution in [-0.2, 0) is 19.1 Å². The molecule has 64 valence electrons. The second kappa shape index (κ2) is 7.01. The van der Waals surface area contributed by atoms with Gasteiger partial charge in [0.25, 0.3) is 0 Å². The van der Waals surface area contributed by atoms with Crippen molar-refractivity contribution in [3.05, 3.63) is 0 Å². The third-order valence-electron chi connectivity index (χ3n) is 0.800. The molecule has 0 saturated carbocycles. The van der Waals surface area contributed by atoms with Crippen LogP contribution < -0.4 is 0 Å². The highest BCUT2D eigenvalue weighted by molar-refractivity contribution is 5.70. The SMILES string of the molecule is COCC=NOCC(=O)OC. The maximum Gasteiger partial charge on any atom is 0.346 e. The zero-order valence-electron chi connectivity index (χ0n) is 6.57. The Balaban J connectivity index is 3.19. The van der Waals surface area contributed by atoms with E-state index in [0.29, 0.717) is 6.61 Å². The molecule has 0 heterocycles. The second-order valence-corrected chi connectivity index (χ2v) is 1.59. The molecule has 0 aliphatic carbocycles. The van der Waals surface area contributed by atoms with Gasteiger partial charge < -0.3 is 14.3 Å². The summed E-state index contributed by atoms with van der Waals surface area (Å²) >= 11 is 0. The van der Waals surface area contributed by atoms with Gasteiger partial charge in [0.15, 0.2) is 0 Å². The molecule has 0 saturated heterocycles. The Morgan fingerprint density at radius 2 is 2.27 bits per heavy atom. The second-order valence-electron chi connectivity index (χ2n) is 1.59. The molecule has 0 spiro atoms. The third kappa shape index (κ3) is 6.79. The van der Waals surface area contributed by atoms with E-state index >= 15 is 0 Å². The zero-order chi connectivity index (χ0) is 8.53. The number of oxime groups is 1. The Morgan fingerprint density at radius 3 is 2.82 bits per heavy atom. The van der Waals surface area contributed by atoms with Gasteiger partial charge in [-0.15, -0.1) is 0 Å². The van der Waals surface area contributed by atoms with E-state index < -0.39 is 5.97 Å². The normalized spacial score (nSPS) is 10.0. The van der Waals surface area contributed by atoms with Crippen molar-refractivity contribution >= 4 is 12.2 Å². The smallest absolute Gasteiger partial charge is 0.346 e. The molecular weight excluding hydrogens is 150 g/mol. The fourth-order valence-corrected chi connectivity index (χ4v) is 0.307. The fraction of sp³-hybridized carbons (Fsp3) is 0.667. The van der Waals surface area contributed by atoms with Crippen molar-refractivity contribution < 1.29 is 19.1 Å². The van der Waals surface area contributed by atoms with Gasteiger partial charge in [0.1, 0.15) is 0 Å². The summed E-state index contributed by atoms with van der Waals surface area (Å²) in [5.74, 6) is -0.459. The number of rotatable bonds is 5. The minimum absolute atomic E-state index is 0.170. The minimum atomic E-state index is -0.459. The number of carbonyl (C=O) groups is 1. The van der Waals surface area contributed by atoms with Gasteiger partial charge >= 0.3 is 5.97 Å². The molecule has 5 heteroatoms. The van der Waals surface area contributed by atoms with E-state index in [4.69, 9.17) is 0 Å².